The third kappa shape index (κ3) is 7.37. The SMILES string of the molecule is CS(=O)(=O)Nc1cc(NC(=O)CCCCCCN)ccc1F. The second-order valence-electron chi connectivity index (χ2n) is 5.07. The number of carbonyl (C=O) groups excluding carboxylic acids is 1. The normalized spacial score (nSPS) is 11.2. The minimum atomic E-state index is -3.58. The van der Waals surface area contributed by atoms with Gasteiger partial charge in [0.15, 0.2) is 0 Å². The summed E-state index contributed by atoms with van der Waals surface area (Å²) in [5.74, 6) is -0.894. The van der Waals surface area contributed by atoms with Crippen LogP contribution in [-0.2, 0) is 14.8 Å². The van der Waals surface area contributed by atoms with Crippen LogP contribution in [0.5, 0.6) is 0 Å². The van der Waals surface area contributed by atoms with Gasteiger partial charge in [-0.3, -0.25) is 9.52 Å². The summed E-state index contributed by atoms with van der Waals surface area (Å²) < 4.78 is 37.9. The zero-order chi connectivity index (χ0) is 16.6. The Kier molecular flexibility index (Phi) is 7.26. The Morgan fingerprint density at radius 1 is 1.23 bits per heavy atom. The van der Waals surface area contributed by atoms with Crippen LogP contribution >= 0.6 is 0 Å². The molecule has 0 spiro atoms. The minimum Gasteiger partial charge on any atom is -0.330 e. The topological polar surface area (TPSA) is 101 Å². The van der Waals surface area contributed by atoms with Crippen LogP contribution in [0.1, 0.15) is 32.1 Å². The molecule has 0 unspecified atom stereocenters. The largest absolute Gasteiger partial charge is 0.330 e. The number of unbranched alkanes of at least 4 members (excludes halogenated alkanes) is 3. The van der Waals surface area contributed by atoms with Gasteiger partial charge >= 0.3 is 0 Å². The summed E-state index contributed by atoms with van der Waals surface area (Å²) in [4.78, 5) is 11.8. The number of anilines is 2. The molecule has 0 aliphatic carbocycles. The second kappa shape index (κ2) is 8.70. The van der Waals surface area contributed by atoms with Crippen molar-refractivity contribution < 1.29 is 17.6 Å². The number of rotatable bonds is 9. The standard InChI is InChI=1S/C14H22FN3O3S/c1-22(20,21)18-13-10-11(7-8-12(13)15)17-14(19)6-4-2-3-5-9-16/h7-8,10,18H,2-6,9,16H2,1H3,(H,17,19). The van der Waals surface area contributed by atoms with E-state index in [1.807, 2.05) is 0 Å². The van der Waals surface area contributed by atoms with E-state index >= 15 is 0 Å². The number of benzene rings is 1. The first-order valence-electron chi connectivity index (χ1n) is 7.09. The second-order valence-corrected chi connectivity index (χ2v) is 6.82. The first kappa shape index (κ1) is 18.4. The molecule has 1 amide bonds. The van der Waals surface area contributed by atoms with Gasteiger partial charge in [0.25, 0.3) is 0 Å². The predicted molar refractivity (Wildman–Crippen MR) is 85.6 cm³/mol. The summed E-state index contributed by atoms with van der Waals surface area (Å²) in [6, 6.07) is 3.74. The van der Waals surface area contributed by atoms with Crippen molar-refractivity contribution in [3.05, 3.63) is 24.0 Å². The number of amides is 1. The van der Waals surface area contributed by atoms with Crippen LogP contribution < -0.4 is 15.8 Å². The molecule has 6 nitrogen and oxygen atoms in total. The number of nitrogens with two attached hydrogens (primary N) is 1. The third-order valence-corrected chi connectivity index (χ3v) is 3.49. The van der Waals surface area contributed by atoms with Crippen molar-refractivity contribution in [3.8, 4) is 0 Å². The van der Waals surface area contributed by atoms with Crippen LogP contribution in [0.15, 0.2) is 18.2 Å². The predicted octanol–water partition coefficient (Wildman–Crippen LogP) is 2.04. The molecule has 0 aliphatic rings. The van der Waals surface area contributed by atoms with Gasteiger partial charge in [0.1, 0.15) is 5.82 Å². The summed E-state index contributed by atoms with van der Waals surface area (Å²) in [5, 5.41) is 2.62. The molecule has 0 aromatic heterocycles. The van der Waals surface area contributed by atoms with Crippen LogP contribution in [0.4, 0.5) is 15.8 Å². The molecule has 0 fully saturated rings. The Morgan fingerprint density at radius 3 is 2.55 bits per heavy atom. The molecular formula is C14H22FN3O3S. The highest BCUT2D eigenvalue weighted by Crippen LogP contribution is 2.20. The average molecular weight is 331 g/mol. The molecule has 0 bridgehead atoms. The first-order valence-corrected chi connectivity index (χ1v) is 8.98. The number of hydrogen-bond acceptors (Lipinski definition) is 4. The van der Waals surface area contributed by atoms with Crippen LogP contribution in [0.25, 0.3) is 0 Å². The zero-order valence-corrected chi connectivity index (χ0v) is 13.4. The lowest BCUT2D eigenvalue weighted by molar-refractivity contribution is -0.116. The fraction of sp³-hybridized carbons (Fsp3) is 0.500. The lowest BCUT2D eigenvalue weighted by atomic mass is 10.1. The summed E-state index contributed by atoms with van der Waals surface area (Å²) in [5.41, 5.74) is 5.54. The smallest absolute Gasteiger partial charge is 0.229 e. The van der Waals surface area contributed by atoms with Crippen LogP contribution in [0.3, 0.4) is 0 Å². The molecule has 8 heteroatoms. The number of sulfonamides is 1. The van der Waals surface area contributed by atoms with Gasteiger partial charge in [-0.25, -0.2) is 12.8 Å². The van der Waals surface area contributed by atoms with Crippen LogP contribution in [0, 0.1) is 5.82 Å². The van der Waals surface area contributed by atoms with E-state index in [1.54, 1.807) is 0 Å². The molecule has 22 heavy (non-hydrogen) atoms. The fourth-order valence-corrected chi connectivity index (χ4v) is 2.44. The van der Waals surface area contributed by atoms with Crippen molar-refractivity contribution in [2.75, 3.05) is 22.8 Å². The highest BCUT2D eigenvalue weighted by molar-refractivity contribution is 7.92. The van der Waals surface area contributed by atoms with E-state index in [4.69, 9.17) is 5.73 Å². The third-order valence-electron chi connectivity index (χ3n) is 2.90. The Balaban J connectivity index is 2.55. The molecule has 0 aliphatic heterocycles. The quantitative estimate of drug-likeness (QED) is 0.603. The van der Waals surface area contributed by atoms with E-state index in [9.17, 15) is 17.6 Å². The van der Waals surface area contributed by atoms with Crippen molar-refractivity contribution in [2.45, 2.75) is 32.1 Å². The van der Waals surface area contributed by atoms with Crippen molar-refractivity contribution in [1.29, 1.82) is 0 Å². The maximum absolute atomic E-state index is 13.5. The number of nitrogens with one attached hydrogen (secondary N) is 2. The van der Waals surface area contributed by atoms with Crippen LogP contribution in [0.2, 0.25) is 0 Å². The lowest BCUT2D eigenvalue weighted by Crippen LogP contribution is -2.13. The van der Waals surface area contributed by atoms with Gasteiger partial charge in [-0.05, 0) is 37.6 Å². The van der Waals surface area contributed by atoms with Crippen molar-refractivity contribution in [2.24, 2.45) is 5.73 Å². The van der Waals surface area contributed by atoms with E-state index in [0.717, 1.165) is 38.0 Å². The Morgan fingerprint density at radius 2 is 1.91 bits per heavy atom. The number of carbonyl (C=O) groups is 1. The van der Waals surface area contributed by atoms with Gasteiger partial charge in [-0.15, -0.1) is 0 Å². The average Bonchev–Trinajstić information content (AvgIpc) is 2.41. The van der Waals surface area contributed by atoms with E-state index < -0.39 is 15.8 Å². The van der Waals surface area contributed by atoms with Crippen molar-refractivity contribution in [3.63, 3.8) is 0 Å². The molecule has 1 rings (SSSR count). The van der Waals surface area contributed by atoms with Gasteiger partial charge in [-0.1, -0.05) is 12.8 Å². The summed E-state index contributed by atoms with van der Waals surface area (Å²) >= 11 is 0. The van der Waals surface area contributed by atoms with Crippen molar-refractivity contribution in [1.82, 2.24) is 0 Å². The van der Waals surface area contributed by atoms with Gasteiger partial charge in [-0.2, -0.15) is 0 Å². The van der Waals surface area contributed by atoms with Crippen molar-refractivity contribution >= 4 is 27.3 Å². The Labute approximate surface area is 130 Å². The molecule has 0 saturated heterocycles. The monoisotopic (exact) mass is 331 g/mol. The van der Waals surface area contributed by atoms with Crippen LogP contribution in [-0.4, -0.2) is 27.1 Å². The van der Waals surface area contributed by atoms with Gasteiger partial charge in [0.2, 0.25) is 15.9 Å². The van der Waals surface area contributed by atoms with Gasteiger partial charge < -0.3 is 11.1 Å². The molecule has 1 aromatic rings. The maximum atomic E-state index is 13.5. The lowest BCUT2D eigenvalue weighted by Gasteiger charge is -2.09. The molecule has 0 atom stereocenters. The molecule has 124 valence electrons. The van der Waals surface area contributed by atoms with E-state index in [1.165, 1.54) is 12.1 Å². The molecule has 0 heterocycles. The highest BCUT2D eigenvalue weighted by atomic mass is 32.2. The highest BCUT2D eigenvalue weighted by Gasteiger charge is 2.10. The number of halogens is 1. The molecule has 0 radical (unpaired) electrons. The van der Waals surface area contributed by atoms with E-state index in [-0.39, 0.29) is 11.6 Å². The fourth-order valence-electron chi connectivity index (χ4n) is 1.89. The first-order chi connectivity index (χ1) is 10.3. The van der Waals surface area contributed by atoms with Gasteiger partial charge in [0.05, 0.1) is 11.9 Å². The Bertz CT molecular complexity index is 605. The maximum Gasteiger partial charge on any atom is 0.229 e. The molecule has 4 N–H and O–H groups in total. The van der Waals surface area contributed by atoms with E-state index in [0.29, 0.717) is 18.7 Å². The molecule has 0 saturated carbocycles. The zero-order valence-electron chi connectivity index (χ0n) is 12.6. The van der Waals surface area contributed by atoms with E-state index in [2.05, 4.69) is 10.0 Å². The summed E-state index contributed by atoms with van der Waals surface area (Å²) in [7, 11) is -3.58. The number of hydrogen-bond donors (Lipinski definition) is 3. The van der Waals surface area contributed by atoms with Gasteiger partial charge in [0, 0.05) is 12.1 Å². The minimum absolute atomic E-state index is 0.190. The molecular weight excluding hydrogens is 309 g/mol. The summed E-state index contributed by atoms with van der Waals surface area (Å²) in [6.07, 6.45) is 4.90. The Hall–Kier alpha value is -1.67. The molecule has 1 aromatic carbocycles. The summed E-state index contributed by atoms with van der Waals surface area (Å²) in [6.45, 7) is 0.651.